The van der Waals surface area contributed by atoms with Crippen LogP contribution in [0, 0.1) is 52.3 Å². The fourth-order valence-electron chi connectivity index (χ4n) is 9.01. The average Bonchev–Trinajstić information content (AvgIpc) is 2.97. The van der Waals surface area contributed by atoms with Gasteiger partial charge in [-0.05, 0) is 110 Å². The van der Waals surface area contributed by atoms with Crippen LogP contribution < -0.4 is 0 Å². The van der Waals surface area contributed by atoms with Crippen molar-refractivity contribution in [2.45, 2.75) is 111 Å². The van der Waals surface area contributed by atoms with Crippen molar-refractivity contribution in [2.24, 2.45) is 52.3 Å². The molecular formula is C26H46O. The van der Waals surface area contributed by atoms with E-state index in [4.69, 9.17) is 0 Å². The van der Waals surface area contributed by atoms with Gasteiger partial charge < -0.3 is 5.11 Å². The van der Waals surface area contributed by atoms with Gasteiger partial charge in [-0.2, -0.15) is 0 Å². The van der Waals surface area contributed by atoms with Crippen LogP contribution in [0.5, 0.6) is 0 Å². The van der Waals surface area contributed by atoms with E-state index in [0.29, 0.717) is 10.8 Å². The van der Waals surface area contributed by atoms with E-state index in [9.17, 15) is 5.11 Å². The Morgan fingerprint density at radius 2 is 1.52 bits per heavy atom. The first-order chi connectivity index (χ1) is 12.8. The smallest absolute Gasteiger partial charge is 0.0543 e. The molecular weight excluding hydrogens is 328 g/mol. The second-order valence-corrected chi connectivity index (χ2v) is 12.3. The molecule has 0 spiro atoms. The maximum Gasteiger partial charge on any atom is 0.0543 e. The number of aliphatic hydroxyl groups is 1. The predicted octanol–water partition coefficient (Wildman–Crippen LogP) is 7.08. The van der Waals surface area contributed by atoms with Gasteiger partial charge in [0.15, 0.2) is 0 Å². The predicted molar refractivity (Wildman–Crippen MR) is 114 cm³/mol. The quantitative estimate of drug-likeness (QED) is 0.557. The van der Waals surface area contributed by atoms with Gasteiger partial charge in [-0.25, -0.2) is 0 Å². The largest absolute Gasteiger partial charge is 0.393 e. The van der Waals surface area contributed by atoms with E-state index in [0.717, 1.165) is 54.3 Å². The van der Waals surface area contributed by atoms with Gasteiger partial charge in [0, 0.05) is 0 Å². The highest BCUT2D eigenvalue weighted by atomic mass is 16.3. The molecule has 0 heterocycles. The molecule has 4 saturated carbocycles. The Morgan fingerprint density at radius 3 is 2.26 bits per heavy atom. The number of fused-ring (bicyclic) bond motifs is 5. The molecule has 27 heavy (non-hydrogen) atoms. The molecule has 1 N–H and O–H groups in total. The minimum Gasteiger partial charge on any atom is -0.393 e. The van der Waals surface area contributed by atoms with Gasteiger partial charge in [-0.3, -0.25) is 0 Å². The fraction of sp³-hybridized carbons (Fsp3) is 1.00. The molecule has 4 aliphatic rings. The molecule has 1 nitrogen and oxygen atoms in total. The zero-order valence-corrected chi connectivity index (χ0v) is 18.8. The summed E-state index contributed by atoms with van der Waals surface area (Å²) in [5, 5.41) is 10.2. The van der Waals surface area contributed by atoms with Gasteiger partial charge in [-0.1, -0.05) is 47.5 Å². The third-order valence-corrected chi connectivity index (χ3v) is 10.6. The molecule has 0 amide bonds. The lowest BCUT2D eigenvalue weighted by atomic mass is 9.44. The van der Waals surface area contributed by atoms with Crippen molar-refractivity contribution >= 4 is 0 Å². The van der Waals surface area contributed by atoms with Crippen LogP contribution in [0.3, 0.4) is 0 Å². The molecule has 0 saturated heterocycles. The SMILES string of the molecule is CC(C)CCC(C)C1CCC2C3CCC4CC(O)CCC4(C)C3CCC12C. The standard InChI is InChI=1S/C26H46O/c1-17(2)6-7-18(3)22-10-11-23-21-9-8-19-16-20(27)12-14-25(19,4)24(21)13-15-26(22,23)5/h17-24,27H,6-16H2,1-5H3. The van der Waals surface area contributed by atoms with Crippen LogP contribution in [0.1, 0.15) is 105 Å². The lowest BCUT2D eigenvalue weighted by molar-refractivity contribution is -0.129. The van der Waals surface area contributed by atoms with Gasteiger partial charge in [0.25, 0.3) is 0 Å². The van der Waals surface area contributed by atoms with Crippen LogP contribution in [0.25, 0.3) is 0 Å². The van der Waals surface area contributed by atoms with E-state index in [1.807, 2.05) is 0 Å². The summed E-state index contributed by atoms with van der Waals surface area (Å²) < 4.78 is 0. The molecule has 0 aromatic carbocycles. The van der Waals surface area contributed by atoms with E-state index in [2.05, 4.69) is 34.6 Å². The lowest BCUT2D eigenvalue weighted by Crippen LogP contribution is -2.54. The molecule has 156 valence electrons. The summed E-state index contributed by atoms with van der Waals surface area (Å²) in [6.45, 7) is 12.7. The summed E-state index contributed by atoms with van der Waals surface area (Å²) in [7, 11) is 0. The first-order valence-corrected chi connectivity index (χ1v) is 12.4. The third kappa shape index (κ3) is 3.32. The van der Waals surface area contributed by atoms with E-state index in [-0.39, 0.29) is 6.10 Å². The highest BCUT2D eigenvalue weighted by molar-refractivity contribution is 5.09. The summed E-state index contributed by atoms with van der Waals surface area (Å²) in [6.07, 6.45) is 15.1. The van der Waals surface area contributed by atoms with E-state index in [1.54, 1.807) is 0 Å². The van der Waals surface area contributed by atoms with Crippen molar-refractivity contribution in [1.29, 1.82) is 0 Å². The van der Waals surface area contributed by atoms with Crippen molar-refractivity contribution in [1.82, 2.24) is 0 Å². The summed E-state index contributed by atoms with van der Waals surface area (Å²) in [6, 6.07) is 0. The number of rotatable bonds is 4. The van der Waals surface area contributed by atoms with E-state index in [1.165, 1.54) is 57.8 Å². The van der Waals surface area contributed by atoms with Crippen molar-refractivity contribution in [2.75, 3.05) is 0 Å². The van der Waals surface area contributed by atoms with Gasteiger partial charge in [-0.15, -0.1) is 0 Å². The highest BCUT2D eigenvalue weighted by Crippen LogP contribution is 2.68. The van der Waals surface area contributed by atoms with Gasteiger partial charge in [0.1, 0.15) is 0 Å². The first-order valence-electron chi connectivity index (χ1n) is 12.4. The fourth-order valence-corrected chi connectivity index (χ4v) is 9.01. The topological polar surface area (TPSA) is 20.2 Å². The van der Waals surface area contributed by atoms with Gasteiger partial charge in [0.2, 0.25) is 0 Å². The maximum atomic E-state index is 10.2. The molecule has 0 bridgehead atoms. The highest BCUT2D eigenvalue weighted by Gasteiger charge is 2.60. The van der Waals surface area contributed by atoms with Crippen molar-refractivity contribution in [3.05, 3.63) is 0 Å². The van der Waals surface area contributed by atoms with Crippen LogP contribution in [0.15, 0.2) is 0 Å². The summed E-state index contributed by atoms with van der Waals surface area (Å²) in [5.41, 5.74) is 1.15. The third-order valence-electron chi connectivity index (χ3n) is 10.6. The normalized spacial score (nSPS) is 50.8. The summed E-state index contributed by atoms with van der Waals surface area (Å²) in [5.74, 6) is 6.47. The van der Waals surface area contributed by atoms with Crippen LogP contribution in [0.4, 0.5) is 0 Å². The van der Waals surface area contributed by atoms with Gasteiger partial charge in [0.05, 0.1) is 6.10 Å². The molecule has 0 aromatic rings. The maximum absolute atomic E-state index is 10.2. The zero-order valence-electron chi connectivity index (χ0n) is 18.8. The molecule has 0 aliphatic heterocycles. The lowest BCUT2D eigenvalue weighted by Gasteiger charge is -2.61. The Bertz CT molecular complexity index is 526. The Balaban J connectivity index is 1.50. The van der Waals surface area contributed by atoms with E-state index < -0.39 is 0 Å². The Morgan fingerprint density at radius 1 is 0.815 bits per heavy atom. The van der Waals surface area contributed by atoms with Crippen molar-refractivity contribution in [3.63, 3.8) is 0 Å². The average molecular weight is 375 g/mol. The molecule has 0 aromatic heterocycles. The minimum absolute atomic E-state index is 0.00820. The Labute approximate surface area is 169 Å². The van der Waals surface area contributed by atoms with Crippen LogP contribution in [-0.4, -0.2) is 11.2 Å². The number of aliphatic hydroxyl groups excluding tert-OH is 1. The Hall–Kier alpha value is -0.0400. The molecule has 9 atom stereocenters. The number of hydrogen-bond acceptors (Lipinski definition) is 1. The molecule has 1 heteroatoms. The Kier molecular flexibility index (Phi) is 5.50. The minimum atomic E-state index is -0.00820. The van der Waals surface area contributed by atoms with Crippen LogP contribution in [-0.2, 0) is 0 Å². The monoisotopic (exact) mass is 374 g/mol. The first kappa shape index (κ1) is 20.2. The molecule has 4 rings (SSSR count). The summed E-state index contributed by atoms with van der Waals surface area (Å²) in [4.78, 5) is 0. The molecule has 4 aliphatic carbocycles. The van der Waals surface area contributed by atoms with Crippen molar-refractivity contribution < 1.29 is 5.11 Å². The molecule has 9 unspecified atom stereocenters. The second kappa shape index (κ2) is 7.33. The van der Waals surface area contributed by atoms with Crippen LogP contribution >= 0.6 is 0 Å². The van der Waals surface area contributed by atoms with Crippen molar-refractivity contribution in [3.8, 4) is 0 Å². The molecule has 4 fully saturated rings. The zero-order chi connectivity index (χ0) is 19.4. The van der Waals surface area contributed by atoms with E-state index >= 15 is 0 Å². The van der Waals surface area contributed by atoms with Gasteiger partial charge >= 0.3 is 0 Å². The van der Waals surface area contributed by atoms with Crippen LogP contribution in [0.2, 0.25) is 0 Å². The second-order valence-electron chi connectivity index (χ2n) is 12.3. The molecule has 0 radical (unpaired) electrons. The number of hydrogen-bond donors (Lipinski definition) is 1. The summed E-state index contributed by atoms with van der Waals surface area (Å²) >= 11 is 0.